The summed E-state index contributed by atoms with van der Waals surface area (Å²) in [5, 5.41) is 12.1. The van der Waals surface area contributed by atoms with E-state index in [9.17, 15) is 4.79 Å². The summed E-state index contributed by atoms with van der Waals surface area (Å²) in [6.07, 6.45) is 0. The molecule has 2 aliphatic heterocycles. The number of amides is 1. The van der Waals surface area contributed by atoms with Crippen LogP contribution in [0.4, 0.5) is 0 Å². The number of piperazine rings is 1. The van der Waals surface area contributed by atoms with E-state index in [1.54, 1.807) is 0 Å². The number of nitrogens with zero attached hydrogens (tertiary/aromatic N) is 2. The van der Waals surface area contributed by atoms with Gasteiger partial charge in [-0.3, -0.25) is 9.69 Å². The van der Waals surface area contributed by atoms with Crippen molar-refractivity contribution in [3.63, 3.8) is 0 Å². The largest absolute Gasteiger partial charge is 0.396 e. The summed E-state index contributed by atoms with van der Waals surface area (Å²) in [4.78, 5) is 15.8. The Hall–Kier alpha value is -0.650. The molecular weight excluding hydrogens is 194 g/mol. The van der Waals surface area contributed by atoms with Gasteiger partial charge in [0.1, 0.15) is 0 Å². The zero-order chi connectivity index (χ0) is 10.7. The molecule has 2 N–H and O–H groups in total. The summed E-state index contributed by atoms with van der Waals surface area (Å²) in [5.41, 5.74) is 0. The molecule has 0 spiro atoms. The van der Waals surface area contributed by atoms with Crippen LogP contribution in [-0.4, -0.2) is 73.2 Å². The SMILES string of the molecule is O=C(CN1CCNCC1)N1CC(CO)C1. The number of hydrogen-bond donors (Lipinski definition) is 2. The number of carbonyl (C=O) groups excluding carboxylic acids is 1. The highest BCUT2D eigenvalue weighted by Crippen LogP contribution is 2.14. The second-order valence-electron chi connectivity index (χ2n) is 4.37. The fraction of sp³-hybridized carbons (Fsp3) is 0.900. The first-order chi connectivity index (χ1) is 7.29. The minimum atomic E-state index is 0.206. The Bertz CT molecular complexity index is 223. The second-order valence-corrected chi connectivity index (χ2v) is 4.37. The molecule has 1 amide bonds. The van der Waals surface area contributed by atoms with Crippen molar-refractivity contribution >= 4 is 5.91 Å². The molecule has 2 saturated heterocycles. The van der Waals surface area contributed by atoms with E-state index in [1.165, 1.54) is 0 Å². The first-order valence-electron chi connectivity index (χ1n) is 5.61. The number of nitrogens with one attached hydrogen (secondary N) is 1. The van der Waals surface area contributed by atoms with Crippen LogP contribution in [0, 0.1) is 5.92 Å². The van der Waals surface area contributed by atoms with Crippen LogP contribution in [0.15, 0.2) is 0 Å². The third-order valence-electron chi connectivity index (χ3n) is 3.14. The fourth-order valence-corrected chi connectivity index (χ4v) is 2.05. The molecule has 0 aromatic carbocycles. The molecule has 0 atom stereocenters. The monoisotopic (exact) mass is 213 g/mol. The maximum absolute atomic E-state index is 11.7. The van der Waals surface area contributed by atoms with E-state index in [-0.39, 0.29) is 12.5 Å². The first kappa shape index (κ1) is 10.9. The van der Waals surface area contributed by atoms with Crippen molar-refractivity contribution in [1.82, 2.24) is 15.1 Å². The van der Waals surface area contributed by atoms with Crippen molar-refractivity contribution in [3.05, 3.63) is 0 Å². The van der Waals surface area contributed by atoms with Gasteiger partial charge in [0, 0.05) is 51.8 Å². The van der Waals surface area contributed by atoms with Gasteiger partial charge in [-0.15, -0.1) is 0 Å². The summed E-state index contributed by atoms with van der Waals surface area (Å²) < 4.78 is 0. The molecule has 86 valence electrons. The minimum Gasteiger partial charge on any atom is -0.396 e. The maximum atomic E-state index is 11.7. The third-order valence-corrected chi connectivity index (χ3v) is 3.14. The fourth-order valence-electron chi connectivity index (χ4n) is 2.05. The van der Waals surface area contributed by atoms with Crippen LogP contribution in [0.25, 0.3) is 0 Å². The molecule has 0 radical (unpaired) electrons. The highest BCUT2D eigenvalue weighted by atomic mass is 16.3. The van der Waals surface area contributed by atoms with Crippen molar-refractivity contribution in [2.24, 2.45) is 5.92 Å². The lowest BCUT2D eigenvalue weighted by atomic mass is 10.0. The van der Waals surface area contributed by atoms with E-state index < -0.39 is 0 Å². The summed E-state index contributed by atoms with van der Waals surface area (Å²) in [6, 6.07) is 0. The Morgan fingerprint density at radius 1 is 1.33 bits per heavy atom. The predicted octanol–water partition coefficient (Wildman–Crippen LogP) is -1.66. The number of likely N-dealkylation sites (tertiary alicyclic amines) is 1. The molecule has 2 aliphatic rings. The van der Waals surface area contributed by atoms with Crippen molar-refractivity contribution in [2.45, 2.75) is 0 Å². The van der Waals surface area contributed by atoms with Gasteiger partial charge in [0.25, 0.3) is 0 Å². The van der Waals surface area contributed by atoms with E-state index in [0.717, 1.165) is 39.3 Å². The van der Waals surface area contributed by atoms with Gasteiger partial charge in [0.05, 0.1) is 6.54 Å². The molecule has 2 fully saturated rings. The third kappa shape index (κ3) is 2.68. The van der Waals surface area contributed by atoms with Crippen molar-refractivity contribution < 1.29 is 9.90 Å². The average molecular weight is 213 g/mol. The van der Waals surface area contributed by atoms with Gasteiger partial charge in [0.2, 0.25) is 5.91 Å². The van der Waals surface area contributed by atoms with Crippen LogP contribution >= 0.6 is 0 Å². The average Bonchev–Trinajstić information content (AvgIpc) is 2.17. The van der Waals surface area contributed by atoms with Crippen molar-refractivity contribution in [2.75, 3.05) is 52.4 Å². The first-order valence-corrected chi connectivity index (χ1v) is 5.61. The van der Waals surface area contributed by atoms with Gasteiger partial charge in [-0.1, -0.05) is 0 Å². The topological polar surface area (TPSA) is 55.8 Å². The Labute approximate surface area is 90.0 Å². The van der Waals surface area contributed by atoms with Crippen LogP contribution in [0.5, 0.6) is 0 Å². The van der Waals surface area contributed by atoms with Crippen molar-refractivity contribution in [3.8, 4) is 0 Å². The minimum absolute atomic E-state index is 0.206. The zero-order valence-electron chi connectivity index (χ0n) is 8.98. The summed E-state index contributed by atoms with van der Waals surface area (Å²) in [5.74, 6) is 0.526. The van der Waals surface area contributed by atoms with E-state index in [1.807, 2.05) is 4.90 Å². The molecule has 0 unspecified atom stereocenters. The molecule has 5 nitrogen and oxygen atoms in total. The second kappa shape index (κ2) is 4.92. The van der Waals surface area contributed by atoms with Gasteiger partial charge >= 0.3 is 0 Å². The lowest BCUT2D eigenvalue weighted by Crippen LogP contribution is -2.55. The molecule has 2 heterocycles. The zero-order valence-corrected chi connectivity index (χ0v) is 8.98. The van der Waals surface area contributed by atoms with Crippen molar-refractivity contribution in [1.29, 1.82) is 0 Å². The molecule has 0 aliphatic carbocycles. The van der Waals surface area contributed by atoms with Gasteiger partial charge in [-0.25, -0.2) is 0 Å². The predicted molar refractivity (Wildman–Crippen MR) is 56.5 cm³/mol. The van der Waals surface area contributed by atoms with Crippen LogP contribution in [0.2, 0.25) is 0 Å². The quantitative estimate of drug-likeness (QED) is 0.589. The van der Waals surface area contributed by atoms with Crippen LogP contribution in [-0.2, 0) is 4.79 Å². The molecular formula is C10H19N3O2. The Kier molecular flexibility index (Phi) is 3.56. The molecule has 0 bridgehead atoms. The lowest BCUT2D eigenvalue weighted by Gasteiger charge is -2.39. The van der Waals surface area contributed by atoms with E-state index in [4.69, 9.17) is 5.11 Å². The molecule has 15 heavy (non-hydrogen) atoms. The number of hydrogen-bond acceptors (Lipinski definition) is 4. The van der Waals surface area contributed by atoms with E-state index in [2.05, 4.69) is 10.2 Å². The number of aliphatic hydroxyl groups excluding tert-OH is 1. The lowest BCUT2D eigenvalue weighted by molar-refractivity contribution is -0.139. The van der Waals surface area contributed by atoms with Crippen LogP contribution in [0.1, 0.15) is 0 Å². The Morgan fingerprint density at radius 2 is 2.00 bits per heavy atom. The van der Waals surface area contributed by atoms with Gasteiger partial charge in [-0.2, -0.15) is 0 Å². The summed E-state index contributed by atoms with van der Waals surface area (Å²) >= 11 is 0. The molecule has 0 saturated carbocycles. The van der Waals surface area contributed by atoms with Crippen LogP contribution < -0.4 is 5.32 Å². The molecule has 0 aromatic rings. The normalized spacial score (nSPS) is 23.9. The molecule has 2 rings (SSSR count). The highest BCUT2D eigenvalue weighted by molar-refractivity contribution is 5.79. The summed E-state index contributed by atoms with van der Waals surface area (Å²) in [7, 11) is 0. The van der Waals surface area contributed by atoms with Gasteiger partial charge in [-0.05, 0) is 0 Å². The number of aliphatic hydroxyl groups is 1. The van der Waals surface area contributed by atoms with E-state index in [0.29, 0.717) is 12.5 Å². The van der Waals surface area contributed by atoms with Gasteiger partial charge < -0.3 is 15.3 Å². The van der Waals surface area contributed by atoms with Crippen LogP contribution in [0.3, 0.4) is 0 Å². The molecule has 5 heteroatoms. The highest BCUT2D eigenvalue weighted by Gasteiger charge is 2.30. The molecule has 0 aromatic heterocycles. The maximum Gasteiger partial charge on any atom is 0.236 e. The van der Waals surface area contributed by atoms with Gasteiger partial charge in [0.15, 0.2) is 0 Å². The number of carbonyl (C=O) groups is 1. The number of rotatable bonds is 3. The standard InChI is InChI=1S/C10H19N3O2/c14-8-9-5-13(6-9)10(15)7-12-3-1-11-2-4-12/h9,11,14H,1-8H2. The van der Waals surface area contributed by atoms with E-state index >= 15 is 0 Å². The smallest absolute Gasteiger partial charge is 0.236 e. The summed E-state index contributed by atoms with van der Waals surface area (Å²) in [6.45, 7) is 6.10. The Balaban J connectivity index is 1.68. The Morgan fingerprint density at radius 3 is 2.60 bits per heavy atom.